The van der Waals surface area contributed by atoms with Gasteiger partial charge in [0.05, 0.1) is 25.5 Å². The molecule has 3 aromatic rings. The molecule has 0 radical (unpaired) electrons. The number of rotatable bonds is 10. The van der Waals surface area contributed by atoms with Crippen molar-refractivity contribution in [2.75, 3.05) is 20.8 Å². The zero-order valence-corrected chi connectivity index (χ0v) is 19.4. The van der Waals surface area contributed by atoms with Crippen LogP contribution in [0, 0.1) is 0 Å². The summed E-state index contributed by atoms with van der Waals surface area (Å²) in [6.45, 7) is 4.18. The molecule has 1 unspecified atom stereocenters. The molecular weight excluding hydrogens is 420 g/mol. The maximum absolute atomic E-state index is 13.1. The Hall–Kier alpha value is -3.81. The molecule has 8 heteroatoms. The normalized spacial score (nSPS) is 11.5. The minimum atomic E-state index is -0.307. The molecule has 1 atom stereocenters. The highest BCUT2D eigenvalue weighted by Gasteiger charge is 2.20. The second-order valence-corrected chi connectivity index (χ2v) is 7.62. The zero-order chi connectivity index (χ0) is 23.8. The Labute approximate surface area is 193 Å². The van der Waals surface area contributed by atoms with Crippen LogP contribution in [0.1, 0.15) is 37.0 Å². The van der Waals surface area contributed by atoms with E-state index in [-0.39, 0.29) is 30.8 Å². The summed E-state index contributed by atoms with van der Waals surface area (Å²) >= 11 is 0. The number of hydrogen-bond acceptors (Lipinski definition) is 5. The lowest BCUT2D eigenvalue weighted by Crippen LogP contribution is -2.35. The van der Waals surface area contributed by atoms with Gasteiger partial charge >= 0.3 is 0 Å². The summed E-state index contributed by atoms with van der Waals surface area (Å²) in [5.41, 5.74) is 2.43. The Morgan fingerprint density at radius 3 is 2.45 bits per heavy atom. The number of methoxy groups -OCH3 is 2. The van der Waals surface area contributed by atoms with Gasteiger partial charge in [-0.25, -0.2) is 4.68 Å². The quantitative estimate of drug-likeness (QED) is 0.492. The highest BCUT2D eigenvalue weighted by Crippen LogP contribution is 2.33. The van der Waals surface area contributed by atoms with Crippen LogP contribution in [-0.4, -0.2) is 48.4 Å². The van der Waals surface area contributed by atoms with Gasteiger partial charge in [-0.1, -0.05) is 25.1 Å². The molecule has 0 aliphatic carbocycles. The number of ether oxygens (including phenoxy) is 2. The van der Waals surface area contributed by atoms with Crippen LogP contribution in [0.15, 0.2) is 54.7 Å². The summed E-state index contributed by atoms with van der Waals surface area (Å²) < 4.78 is 12.4. The Morgan fingerprint density at radius 2 is 1.79 bits per heavy atom. The molecule has 0 saturated heterocycles. The minimum absolute atomic E-state index is 0.0928. The van der Waals surface area contributed by atoms with Crippen LogP contribution in [-0.2, 0) is 4.79 Å². The van der Waals surface area contributed by atoms with Gasteiger partial charge in [0.25, 0.3) is 5.91 Å². The maximum Gasteiger partial charge on any atom is 0.255 e. The number of hydrogen-bond donors (Lipinski definition) is 2. The average molecular weight is 451 g/mol. The molecule has 0 bridgehead atoms. The summed E-state index contributed by atoms with van der Waals surface area (Å²) in [5, 5.41) is 10.4. The van der Waals surface area contributed by atoms with Crippen molar-refractivity contribution in [3.63, 3.8) is 0 Å². The van der Waals surface area contributed by atoms with Gasteiger partial charge in [-0.2, -0.15) is 5.10 Å². The Bertz CT molecular complexity index is 1100. The van der Waals surface area contributed by atoms with Crippen LogP contribution in [0.3, 0.4) is 0 Å². The number of benzene rings is 2. The SMILES string of the molecule is CCC(C)NC(=O)CCNC(=O)c1cn(-c2ccccc2)nc1-c1ccc(OC)c(OC)c1. The van der Waals surface area contributed by atoms with Crippen molar-refractivity contribution < 1.29 is 19.1 Å². The van der Waals surface area contributed by atoms with E-state index in [0.717, 1.165) is 12.1 Å². The standard InChI is InChI=1S/C25H30N4O4/c1-5-17(2)27-23(30)13-14-26-25(31)20-16-29(19-9-7-6-8-10-19)28-24(20)18-11-12-21(32-3)22(15-18)33-4/h6-12,15-17H,5,13-14H2,1-4H3,(H,26,31)(H,27,30). The van der Waals surface area contributed by atoms with E-state index in [0.29, 0.717) is 28.3 Å². The number of nitrogens with one attached hydrogen (secondary N) is 2. The average Bonchev–Trinajstić information content (AvgIpc) is 3.29. The number of aromatic nitrogens is 2. The Balaban J connectivity index is 1.87. The minimum Gasteiger partial charge on any atom is -0.493 e. The van der Waals surface area contributed by atoms with Gasteiger partial charge in [0, 0.05) is 30.8 Å². The second kappa shape index (κ2) is 11.2. The van der Waals surface area contributed by atoms with Gasteiger partial charge in [-0.3, -0.25) is 9.59 Å². The maximum atomic E-state index is 13.1. The Morgan fingerprint density at radius 1 is 1.06 bits per heavy atom. The van der Waals surface area contributed by atoms with Crippen molar-refractivity contribution in [1.29, 1.82) is 0 Å². The van der Waals surface area contributed by atoms with Gasteiger partial charge < -0.3 is 20.1 Å². The third-order valence-corrected chi connectivity index (χ3v) is 5.29. The molecular formula is C25H30N4O4. The molecule has 0 fully saturated rings. The number of carbonyl (C=O) groups excluding carboxylic acids is 2. The molecule has 0 aliphatic heterocycles. The third kappa shape index (κ3) is 5.91. The molecule has 0 aliphatic rings. The first-order valence-corrected chi connectivity index (χ1v) is 10.9. The van der Waals surface area contributed by atoms with Crippen LogP contribution >= 0.6 is 0 Å². The molecule has 2 amide bonds. The summed E-state index contributed by atoms with van der Waals surface area (Å²) in [5.74, 6) is 0.724. The van der Waals surface area contributed by atoms with Crippen molar-refractivity contribution in [3.8, 4) is 28.4 Å². The van der Waals surface area contributed by atoms with Crippen molar-refractivity contribution in [3.05, 3.63) is 60.3 Å². The number of amides is 2. The lowest BCUT2D eigenvalue weighted by atomic mass is 10.1. The highest BCUT2D eigenvalue weighted by molar-refractivity contribution is 6.00. The summed E-state index contributed by atoms with van der Waals surface area (Å²) in [6.07, 6.45) is 2.75. The smallest absolute Gasteiger partial charge is 0.255 e. The molecule has 33 heavy (non-hydrogen) atoms. The van der Waals surface area contributed by atoms with Crippen LogP contribution in [0.2, 0.25) is 0 Å². The predicted molar refractivity (Wildman–Crippen MR) is 127 cm³/mol. The van der Waals surface area contributed by atoms with E-state index in [1.54, 1.807) is 37.2 Å². The topological polar surface area (TPSA) is 94.5 Å². The van der Waals surface area contributed by atoms with Gasteiger partial charge in [-0.15, -0.1) is 0 Å². The fourth-order valence-electron chi connectivity index (χ4n) is 3.28. The first-order valence-electron chi connectivity index (χ1n) is 10.9. The van der Waals surface area contributed by atoms with Crippen molar-refractivity contribution in [1.82, 2.24) is 20.4 Å². The molecule has 2 N–H and O–H groups in total. The second-order valence-electron chi connectivity index (χ2n) is 7.62. The van der Waals surface area contributed by atoms with Crippen molar-refractivity contribution in [2.45, 2.75) is 32.7 Å². The third-order valence-electron chi connectivity index (χ3n) is 5.29. The fraction of sp³-hybridized carbons (Fsp3) is 0.320. The van der Waals surface area contributed by atoms with E-state index in [1.807, 2.05) is 50.2 Å². The molecule has 3 rings (SSSR count). The molecule has 0 spiro atoms. The van der Waals surface area contributed by atoms with Gasteiger partial charge in [0.2, 0.25) is 5.91 Å². The summed E-state index contributed by atoms with van der Waals surface area (Å²) in [7, 11) is 3.13. The first-order chi connectivity index (χ1) is 16.0. The molecule has 1 aromatic heterocycles. The molecule has 1 heterocycles. The lowest BCUT2D eigenvalue weighted by Gasteiger charge is -2.12. The lowest BCUT2D eigenvalue weighted by molar-refractivity contribution is -0.121. The van der Waals surface area contributed by atoms with Gasteiger partial charge in [-0.05, 0) is 43.7 Å². The van der Waals surface area contributed by atoms with E-state index in [2.05, 4.69) is 15.7 Å². The molecule has 2 aromatic carbocycles. The van der Waals surface area contributed by atoms with Crippen LogP contribution in [0.5, 0.6) is 11.5 Å². The van der Waals surface area contributed by atoms with E-state index < -0.39 is 0 Å². The van der Waals surface area contributed by atoms with Crippen LogP contribution < -0.4 is 20.1 Å². The zero-order valence-electron chi connectivity index (χ0n) is 19.4. The van der Waals surface area contributed by atoms with E-state index in [4.69, 9.17) is 9.47 Å². The predicted octanol–water partition coefficient (Wildman–Crippen LogP) is 3.59. The first kappa shape index (κ1) is 23.8. The molecule has 174 valence electrons. The van der Waals surface area contributed by atoms with Crippen molar-refractivity contribution >= 4 is 11.8 Å². The monoisotopic (exact) mass is 450 g/mol. The molecule has 8 nitrogen and oxygen atoms in total. The van der Waals surface area contributed by atoms with E-state index in [1.165, 1.54) is 0 Å². The number of para-hydroxylation sites is 1. The summed E-state index contributed by atoms with van der Waals surface area (Å²) in [6, 6.07) is 15.0. The van der Waals surface area contributed by atoms with E-state index in [9.17, 15) is 9.59 Å². The van der Waals surface area contributed by atoms with Gasteiger partial charge in [0.1, 0.15) is 5.69 Å². The Kier molecular flexibility index (Phi) is 8.07. The number of nitrogens with zero attached hydrogens (tertiary/aromatic N) is 2. The highest BCUT2D eigenvalue weighted by atomic mass is 16.5. The van der Waals surface area contributed by atoms with Crippen molar-refractivity contribution in [2.24, 2.45) is 0 Å². The number of carbonyl (C=O) groups is 2. The van der Waals surface area contributed by atoms with Gasteiger partial charge in [0.15, 0.2) is 11.5 Å². The van der Waals surface area contributed by atoms with Crippen LogP contribution in [0.25, 0.3) is 16.9 Å². The van der Waals surface area contributed by atoms with E-state index >= 15 is 0 Å². The van der Waals surface area contributed by atoms with Crippen LogP contribution in [0.4, 0.5) is 0 Å². The summed E-state index contributed by atoms with van der Waals surface area (Å²) in [4.78, 5) is 25.1. The molecule has 0 saturated carbocycles. The largest absolute Gasteiger partial charge is 0.493 e. The fourth-order valence-corrected chi connectivity index (χ4v) is 3.28.